The van der Waals surface area contributed by atoms with E-state index in [0.717, 1.165) is 25.9 Å². The number of nitrogens with zero attached hydrogens (tertiary/aromatic N) is 4. The normalized spacial score (nSPS) is 18.0. The van der Waals surface area contributed by atoms with Crippen LogP contribution in [-0.2, 0) is 4.79 Å². The summed E-state index contributed by atoms with van der Waals surface area (Å²) in [5.74, 6) is 0.181. The van der Waals surface area contributed by atoms with E-state index in [1.807, 2.05) is 4.90 Å². The Hall–Kier alpha value is -2.68. The van der Waals surface area contributed by atoms with Crippen LogP contribution in [0, 0.1) is 10.1 Å². The summed E-state index contributed by atoms with van der Waals surface area (Å²) < 4.78 is 5.20. The maximum Gasteiger partial charge on any atom is 0.270 e. The van der Waals surface area contributed by atoms with Gasteiger partial charge in [-0.05, 0) is 25.3 Å². The van der Waals surface area contributed by atoms with Crippen molar-refractivity contribution in [2.45, 2.75) is 19.3 Å². The molecule has 0 atom stereocenters. The maximum absolute atomic E-state index is 12.9. The average Bonchev–Trinajstić information content (AvgIpc) is 2.73. The Kier molecular flexibility index (Phi) is 6.45. The van der Waals surface area contributed by atoms with Crippen LogP contribution in [-0.4, -0.2) is 84.4 Å². The van der Waals surface area contributed by atoms with Crippen LogP contribution in [0.15, 0.2) is 18.2 Å². The Morgan fingerprint density at radius 3 is 2.32 bits per heavy atom. The number of methoxy groups -OCH3 is 1. The second-order valence-electron chi connectivity index (χ2n) is 7.15. The summed E-state index contributed by atoms with van der Waals surface area (Å²) in [6.45, 7) is 4.19. The van der Waals surface area contributed by atoms with Crippen molar-refractivity contribution >= 4 is 17.5 Å². The van der Waals surface area contributed by atoms with E-state index >= 15 is 0 Å². The van der Waals surface area contributed by atoms with Gasteiger partial charge in [0, 0.05) is 51.4 Å². The number of nitro benzene ring substituents is 1. The molecule has 0 unspecified atom stereocenters. The molecular formula is C19H26N4O5. The van der Waals surface area contributed by atoms with Crippen molar-refractivity contribution < 1.29 is 19.2 Å². The predicted molar refractivity (Wildman–Crippen MR) is 102 cm³/mol. The first-order chi connectivity index (χ1) is 13.5. The van der Waals surface area contributed by atoms with E-state index in [9.17, 15) is 19.7 Å². The predicted octanol–water partition coefficient (Wildman–Crippen LogP) is 1.37. The Morgan fingerprint density at radius 1 is 1.04 bits per heavy atom. The first-order valence-electron chi connectivity index (χ1n) is 9.61. The van der Waals surface area contributed by atoms with Crippen LogP contribution < -0.4 is 4.74 Å². The molecule has 3 rings (SSSR count). The van der Waals surface area contributed by atoms with Crippen LogP contribution in [0.1, 0.15) is 29.6 Å². The minimum absolute atomic E-state index is 0.144. The van der Waals surface area contributed by atoms with E-state index in [1.165, 1.54) is 31.7 Å². The van der Waals surface area contributed by atoms with Gasteiger partial charge < -0.3 is 14.5 Å². The molecular weight excluding hydrogens is 364 g/mol. The molecule has 2 amide bonds. The molecule has 1 aromatic carbocycles. The average molecular weight is 390 g/mol. The molecule has 2 aliphatic rings. The lowest BCUT2D eigenvalue weighted by Crippen LogP contribution is -2.52. The smallest absolute Gasteiger partial charge is 0.270 e. The number of hydrogen-bond acceptors (Lipinski definition) is 6. The topological polar surface area (TPSA) is 96.2 Å². The molecule has 2 saturated heterocycles. The lowest BCUT2D eigenvalue weighted by atomic mass is 10.1. The zero-order valence-corrected chi connectivity index (χ0v) is 16.1. The highest BCUT2D eigenvalue weighted by Gasteiger charge is 2.27. The van der Waals surface area contributed by atoms with Gasteiger partial charge >= 0.3 is 0 Å². The highest BCUT2D eigenvalue weighted by atomic mass is 16.6. The van der Waals surface area contributed by atoms with Crippen molar-refractivity contribution in [3.63, 3.8) is 0 Å². The second-order valence-corrected chi connectivity index (χ2v) is 7.15. The summed E-state index contributed by atoms with van der Waals surface area (Å²) >= 11 is 0. The van der Waals surface area contributed by atoms with Crippen molar-refractivity contribution in [1.29, 1.82) is 0 Å². The van der Waals surface area contributed by atoms with Gasteiger partial charge in [-0.25, -0.2) is 0 Å². The number of nitro groups is 1. The van der Waals surface area contributed by atoms with Gasteiger partial charge in [-0.15, -0.1) is 0 Å². The van der Waals surface area contributed by atoms with Crippen LogP contribution in [0.4, 0.5) is 5.69 Å². The zero-order chi connectivity index (χ0) is 20.1. The minimum atomic E-state index is -0.527. The van der Waals surface area contributed by atoms with Gasteiger partial charge in [0.25, 0.3) is 11.6 Å². The number of ether oxygens (including phenoxy) is 1. The van der Waals surface area contributed by atoms with Crippen LogP contribution in [0.3, 0.4) is 0 Å². The molecule has 0 spiro atoms. The summed E-state index contributed by atoms with van der Waals surface area (Å²) in [6.07, 6.45) is 3.32. The quantitative estimate of drug-likeness (QED) is 0.557. The minimum Gasteiger partial charge on any atom is -0.496 e. The number of piperazine rings is 1. The zero-order valence-electron chi connectivity index (χ0n) is 16.1. The number of carbonyl (C=O) groups is 2. The fourth-order valence-electron chi connectivity index (χ4n) is 3.69. The molecule has 2 aliphatic heterocycles. The van der Waals surface area contributed by atoms with Crippen molar-refractivity contribution in [3.8, 4) is 5.75 Å². The Labute approximate surface area is 164 Å². The van der Waals surface area contributed by atoms with Gasteiger partial charge in [-0.2, -0.15) is 0 Å². The van der Waals surface area contributed by atoms with E-state index in [0.29, 0.717) is 38.5 Å². The fourth-order valence-corrected chi connectivity index (χ4v) is 3.69. The molecule has 2 fully saturated rings. The van der Waals surface area contributed by atoms with Crippen molar-refractivity contribution in [1.82, 2.24) is 14.7 Å². The summed E-state index contributed by atoms with van der Waals surface area (Å²) in [5.41, 5.74) is 0.0458. The van der Waals surface area contributed by atoms with Gasteiger partial charge in [0.15, 0.2) is 0 Å². The number of amides is 2. The van der Waals surface area contributed by atoms with Crippen LogP contribution in [0.2, 0.25) is 0 Å². The van der Waals surface area contributed by atoms with Gasteiger partial charge in [-0.1, -0.05) is 0 Å². The molecule has 9 heteroatoms. The van der Waals surface area contributed by atoms with Gasteiger partial charge in [0.2, 0.25) is 5.91 Å². The molecule has 152 valence electrons. The third kappa shape index (κ3) is 4.59. The number of benzene rings is 1. The number of rotatable bonds is 5. The summed E-state index contributed by atoms with van der Waals surface area (Å²) in [6, 6.07) is 4.02. The Bertz CT molecular complexity index is 740. The molecule has 0 N–H and O–H groups in total. The fraction of sp³-hybridized carbons (Fsp3) is 0.579. The van der Waals surface area contributed by atoms with E-state index in [1.54, 1.807) is 4.90 Å². The molecule has 28 heavy (non-hydrogen) atoms. The van der Waals surface area contributed by atoms with Crippen molar-refractivity contribution in [2.75, 3.05) is 52.9 Å². The molecule has 0 aromatic heterocycles. The van der Waals surface area contributed by atoms with Crippen LogP contribution in [0.25, 0.3) is 0 Å². The number of non-ortho nitro benzene ring substituents is 1. The van der Waals surface area contributed by atoms with E-state index < -0.39 is 4.92 Å². The number of hydrogen-bond donors (Lipinski definition) is 0. The lowest BCUT2D eigenvalue weighted by molar-refractivity contribution is -0.384. The Morgan fingerprint density at radius 2 is 1.71 bits per heavy atom. The van der Waals surface area contributed by atoms with Gasteiger partial charge in [-0.3, -0.25) is 24.6 Å². The molecule has 9 nitrogen and oxygen atoms in total. The van der Waals surface area contributed by atoms with Crippen LogP contribution in [0.5, 0.6) is 5.75 Å². The van der Waals surface area contributed by atoms with E-state index in [4.69, 9.17) is 4.74 Å². The van der Waals surface area contributed by atoms with Crippen molar-refractivity contribution in [2.24, 2.45) is 0 Å². The third-order valence-corrected chi connectivity index (χ3v) is 5.35. The number of piperidine rings is 1. The Balaban J connectivity index is 1.58. The number of carbonyl (C=O) groups excluding carboxylic acids is 2. The van der Waals surface area contributed by atoms with E-state index in [-0.39, 0.29) is 23.1 Å². The van der Waals surface area contributed by atoms with E-state index in [2.05, 4.69) is 4.90 Å². The van der Waals surface area contributed by atoms with Crippen molar-refractivity contribution in [3.05, 3.63) is 33.9 Å². The maximum atomic E-state index is 12.9. The molecule has 0 aliphatic carbocycles. The highest BCUT2D eigenvalue weighted by Crippen LogP contribution is 2.25. The largest absolute Gasteiger partial charge is 0.496 e. The molecule has 2 heterocycles. The number of likely N-dealkylation sites (tertiary alicyclic amines) is 1. The first kappa shape index (κ1) is 20.1. The standard InChI is InChI=1S/C19H26N4O5/c1-28-17-6-5-15(23(26)27)13-16(17)19(25)22-11-9-20(10-12-22)14-18(24)21-7-3-2-4-8-21/h5-6,13H,2-4,7-12,14H2,1H3. The first-order valence-corrected chi connectivity index (χ1v) is 9.61. The monoisotopic (exact) mass is 390 g/mol. The SMILES string of the molecule is COc1ccc([N+](=O)[O-])cc1C(=O)N1CCN(CC(=O)N2CCCCC2)CC1. The summed E-state index contributed by atoms with van der Waals surface area (Å²) in [4.78, 5) is 41.4. The lowest BCUT2D eigenvalue weighted by Gasteiger charge is -2.36. The summed E-state index contributed by atoms with van der Waals surface area (Å²) in [5, 5.41) is 11.0. The second kappa shape index (κ2) is 9.01. The molecule has 0 radical (unpaired) electrons. The molecule has 0 saturated carbocycles. The van der Waals surface area contributed by atoms with Gasteiger partial charge in [0.05, 0.1) is 24.1 Å². The summed E-state index contributed by atoms with van der Waals surface area (Å²) in [7, 11) is 1.43. The molecule has 0 bridgehead atoms. The highest BCUT2D eigenvalue weighted by molar-refractivity contribution is 5.97. The van der Waals surface area contributed by atoms with Gasteiger partial charge in [0.1, 0.15) is 5.75 Å². The third-order valence-electron chi connectivity index (χ3n) is 5.35. The van der Waals surface area contributed by atoms with Crippen LogP contribution >= 0.6 is 0 Å². The molecule has 1 aromatic rings.